The van der Waals surface area contributed by atoms with E-state index in [2.05, 4.69) is 20.5 Å². The van der Waals surface area contributed by atoms with Crippen molar-refractivity contribution in [3.05, 3.63) is 59.3 Å². The monoisotopic (exact) mass is 374 g/mol. The average molecular weight is 374 g/mol. The fraction of sp³-hybridized carbons (Fsp3) is 0.450. The molecule has 3 rings (SSSR count). The number of furan rings is 1. The molecule has 6 nitrogen and oxygen atoms in total. The number of hydrogen-bond donors (Lipinski definition) is 2. The number of aryl methyl sites for hydroxylation is 1. The highest BCUT2D eigenvalue weighted by molar-refractivity contribution is 5.79. The van der Waals surface area contributed by atoms with Gasteiger partial charge in [0.15, 0.2) is 5.96 Å². The zero-order valence-corrected chi connectivity index (χ0v) is 15.9. The smallest absolute Gasteiger partial charge is 0.191 e. The SMILES string of the molecule is CN=C(NCc1ccccc1F)NCC(c1ccc(C)o1)N1CCOCC1. The molecule has 1 saturated heterocycles. The Morgan fingerprint density at radius 3 is 2.63 bits per heavy atom. The summed E-state index contributed by atoms with van der Waals surface area (Å²) in [6, 6.07) is 10.8. The molecule has 0 radical (unpaired) electrons. The van der Waals surface area contributed by atoms with E-state index in [-0.39, 0.29) is 11.9 Å². The van der Waals surface area contributed by atoms with Crippen LogP contribution in [0.25, 0.3) is 0 Å². The maximum atomic E-state index is 13.8. The fourth-order valence-corrected chi connectivity index (χ4v) is 3.17. The number of nitrogens with zero attached hydrogens (tertiary/aromatic N) is 2. The summed E-state index contributed by atoms with van der Waals surface area (Å²) in [6.45, 7) is 6.09. The van der Waals surface area contributed by atoms with Gasteiger partial charge in [-0.15, -0.1) is 0 Å². The summed E-state index contributed by atoms with van der Waals surface area (Å²) < 4.78 is 25.1. The second-order valence-corrected chi connectivity index (χ2v) is 6.51. The summed E-state index contributed by atoms with van der Waals surface area (Å²) in [7, 11) is 1.71. The highest BCUT2D eigenvalue weighted by Gasteiger charge is 2.25. The molecule has 27 heavy (non-hydrogen) atoms. The number of aliphatic imine (C=N–C) groups is 1. The van der Waals surface area contributed by atoms with Crippen molar-refractivity contribution in [2.45, 2.75) is 19.5 Å². The van der Waals surface area contributed by atoms with Crippen molar-refractivity contribution in [3.63, 3.8) is 0 Å². The van der Waals surface area contributed by atoms with Gasteiger partial charge in [0.05, 0.1) is 19.3 Å². The second kappa shape index (κ2) is 9.53. The summed E-state index contributed by atoms with van der Waals surface area (Å²) in [5.74, 6) is 2.22. The van der Waals surface area contributed by atoms with Crippen LogP contribution >= 0.6 is 0 Å². The second-order valence-electron chi connectivity index (χ2n) is 6.51. The van der Waals surface area contributed by atoms with Crippen LogP contribution in [0.2, 0.25) is 0 Å². The Labute approximate surface area is 159 Å². The molecule has 0 spiro atoms. The van der Waals surface area contributed by atoms with Crippen LogP contribution in [0.5, 0.6) is 0 Å². The third-order valence-electron chi connectivity index (χ3n) is 4.67. The van der Waals surface area contributed by atoms with E-state index in [4.69, 9.17) is 9.15 Å². The number of nitrogens with one attached hydrogen (secondary N) is 2. The van der Waals surface area contributed by atoms with Crippen molar-refractivity contribution >= 4 is 5.96 Å². The Morgan fingerprint density at radius 1 is 1.19 bits per heavy atom. The topological polar surface area (TPSA) is 62.0 Å². The van der Waals surface area contributed by atoms with Gasteiger partial charge in [0.1, 0.15) is 17.3 Å². The van der Waals surface area contributed by atoms with Gasteiger partial charge in [0, 0.05) is 38.8 Å². The summed E-state index contributed by atoms with van der Waals surface area (Å²) in [4.78, 5) is 6.59. The fourth-order valence-electron chi connectivity index (χ4n) is 3.17. The summed E-state index contributed by atoms with van der Waals surface area (Å²) >= 11 is 0. The van der Waals surface area contributed by atoms with Crippen LogP contribution in [0.4, 0.5) is 4.39 Å². The third-order valence-corrected chi connectivity index (χ3v) is 4.67. The van der Waals surface area contributed by atoms with Gasteiger partial charge in [-0.1, -0.05) is 18.2 Å². The van der Waals surface area contributed by atoms with Gasteiger partial charge in [0.25, 0.3) is 0 Å². The lowest BCUT2D eigenvalue weighted by atomic mass is 10.1. The van der Waals surface area contributed by atoms with Crippen LogP contribution in [0.3, 0.4) is 0 Å². The molecule has 1 fully saturated rings. The maximum Gasteiger partial charge on any atom is 0.191 e. The number of halogens is 1. The highest BCUT2D eigenvalue weighted by atomic mass is 19.1. The number of morpholine rings is 1. The van der Waals surface area contributed by atoms with Gasteiger partial charge in [-0.3, -0.25) is 9.89 Å². The number of guanidine groups is 1. The molecule has 0 bridgehead atoms. The van der Waals surface area contributed by atoms with Gasteiger partial charge in [-0.2, -0.15) is 0 Å². The molecule has 0 saturated carbocycles. The van der Waals surface area contributed by atoms with Crippen molar-refractivity contribution in [1.29, 1.82) is 0 Å². The quantitative estimate of drug-likeness (QED) is 0.601. The Bertz CT molecular complexity index is 756. The van der Waals surface area contributed by atoms with E-state index in [0.717, 1.165) is 37.8 Å². The molecule has 146 valence electrons. The minimum atomic E-state index is -0.224. The zero-order chi connectivity index (χ0) is 19.1. The van der Waals surface area contributed by atoms with Crippen molar-refractivity contribution in [2.75, 3.05) is 39.9 Å². The van der Waals surface area contributed by atoms with Gasteiger partial charge < -0.3 is 19.8 Å². The largest absolute Gasteiger partial charge is 0.465 e. The molecular weight excluding hydrogens is 347 g/mol. The van der Waals surface area contributed by atoms with Crippen LogP contribution in [-0.2, 0) is 11.3 Å². The Morgan fingerprint density at radius 2 is 1.96 bits per heavy atom. The van der Waals surface area contributed by atoms with E-state index < -0.39 is 0 Å². The minimum absolute atomic E-state index is 0.0783. The van der Waals surface area contributed by atoms with Gasteiger partial charge in [-0.05, 0) is 25.1 Å². The van der Waals surface area contributed by atoms with Gasteiger partial charge in [0.2, 0.25) is 0 Å². The highest BCUT2D eigenvalue weighted by Crippen LogP contribution is 2.23. The normalized spacial score (nSPS) is 16.9. The Hall–Kier alpha value is -2.38. The predicted octanol–water partition coefficient (Wildman–Crippen LogP) is 2.47. The zero-order valence-electron chi connectivity index (χ0n) is 15.9. The summed E-state index contributed by atoms with van der Waals surface area (Å²) in [5, 5.41) is 6.50. The lowest BCUT2D eigenvalue weighted by Gasteiger charge is -2.33. The van der Waals surface area contributed by atoms with E-state index in [1.165, 1.54) is 6.07 Å². The lowest BCUT2D eigenvalue weighted by molar-refractivity contribution is 0.0124. The van der Waals surface area contributed by atoms with Crippen LogP contribution in [0.15, 0.2) is 45.8 Å². The number of benzene rings is 1. The summed E-state index contributed by atoms with van der Waals surface area (Å²) in [5.41, 5.74) is 0.604. The van der Waals surface area contributed by atoms with Gasteiger partial charge in [-0.25, -0.2) is 4.39 Å². The standard InChI is InChI=1S/C20H27FN4O2/c1-15-7-8-19(27-15)18(25-9-11-26-12-10-25)14-24-20(22-2)23-13-16-5-3-4-6-17(16)21/h3-8,18H,9-14H2,1-2H3,(H2,22,23,24). The lowest BCUT2D eigenvalue weighted by Crippen LogP contribution is -2.46. The minimum Gasteiger partial charge on any atom is -0.465 e. The molecule has 2 heterocycles. The van der Waals surface area contributed by atoms with E-state index in [9.17, 15) is 4.39 Å². The molecule has 1 atom stereocenters. The maximum absolute atomic E-state index is 13.8. The van der Waals surface area contributed by atoms with E-state index in [0.29, 0.717) is 24.6 Å². The molecule has 1 aliphatic rings. The van der Waals surface area contributed by atoms with Crippen molar-refractivity contribution in [3.8, 4) is 0 Å². The van der Waals surface area contributed by atoms with Crippen LogP contribution in [0, 0.1) is 12.7 Å². The van der Waals surface area contributed by atoms with Gasteiger partial charge >= 0.3 is 0 Å². The van der Waals surface area contributed by atoms with Crippen molar-refractivity contribution in [2.24, 2.45) is 4.99 Å². The molecule has 1 aromatic carbocycles. The first-order valence-corrected chi connectivity index (χ1v) is 9.23. The molecular formula is C20H27FN4O2. The first-order chi connectivity index (χ1) is 13.2. The Kier molecular flexibility index (Phi) is 6.84. The number of rotatable bonds is 6. The van der Waals surface area contributed by atoms with Crippen LogP contribution in [-0.4, -0.2) is 50.8 Å². The van der Waals surface area contributed by atoms with E-state index >= 15 is 0 Å². The summed E-state index contributed by atoms with van der Waals surface area (Å²) in [6.07, 6.45) is 0. The van der Waals surface area contributed by atoms with Crippen LogP contribution < -0.4 is 10.6 Å². The molecule has 0 amide bonds. The molecule has 2 N–H and O–H groups in total. The number of ether oxygens (including phenoxy) is 1. The molecule has 0 aliphatic carbocycles. The van der Waals surface area contributed by atoms with E-state index in [1.807, 2.05) is 25.1 Å². The van der Waals surface area contributed by atoms with Crippen molar-refractivity contribution in [1.82, 2.24) is 15.5 Å². The first-order valence-electron chi connectivity index (χ1n) is 9.23. The predicted molar refractivity (Wildman–Crippen MR) is 103 cm³/mol. The Balaban J connectivity index is 1.61. The molecule has 1 aliphatic heterocycles. The number of hydrogen-bond acceptors (Lipinski definition) is 4. The first kappa shape index (κ1) is 19.4. The molecule has 1 aromatic heterocycles. The van der Waals surface area contributed by atoms with Crippen LogP contribution in [0.1, 0.15) is 23.1 Å². The molecule has 2 aromatic rings. The van der Waals surface area contributed by atoms with Crippen molar-refractivity contribution < 1.29 is 13.5 Å². The third kappa shape index (κ3) is 5.30. The molecule has 7 heteroatoms. The molecule has 1 unspecified atom stereocenters. The average Bonchev–Trinajstić information content (AvgIpc) is 3.12. The van der Waals surface area contributed by atoms with E-state index in [1.54, 1.807) is 19.2 Å².